The Morgan fingerprint density at radius 1 is 1.37 bits per heavy atom. The molecule has 0 aliphatic heterocycles. The molecule has 0 radical (unpaired) electrons. The van der Waals surface area contributed by atoms with Crippen molar-refractivity contribution in [2.24, 2.45) is 11.7 Å². The highest BCUT2D eigenvalue weighted by atomic mass is 35.5. The zero-order valence-corrected chi connectivity index (χ0v) is 11.6. The molecule has 1 aliphatic carbocycles. The largest absolute Gasteiger partial charge is 0.345 e. The van der Waals surface area contributed by atoms with Gasteiger partial charge in [-0.25, -0.2) is 4.98 Å². The lowest BCUT2D eigenvalue weighted by Crippen LogP contribution is -2.22. The molecule has 1 aromatic heterocycles. The van der Waals surface area contributed by atoms with Crippen molar-refractivity contribution in [3.05, 3.63) is 52.1 Å². The van der Waals surface area contributed by atoms with E-state index in [2.05, 4.69) is 4.98 Å². The van der Waals surface area contributed by atoms with Crippen molar-refractivity contribution in [3.63, 3.8) is 0 Å². The van der Waals surface area contributed by atoms with Crippen LogP contribution in [0.5, 0.6) is 0 Å². The number of rotatable bonds is 3. The van der Waals surface area contributed by atoms with E-state index in [1.54, 1.807) is 0 Å². The molecule has 3 N–H and O–H groups in total. The Morgan fingerprint density at radius 3 is 3.00 bits per heavy atom. The van der Waals surface area contributed by atoms with Gasteiger partial charge in [-0.05, 0) is 43.4 Å². The summed E-state index contributed by atoms with van der Waals surface area (Å²) < 4.78 is 0. The van der Waals surface area contributed by atoms with Crippen molar-refractivity contribution >= 4 is 11.6 Å². The van der Waals surface area contributed by atoms with Crippen molar-refractivity contribution in [2.45, 2.75) is 25.7 Å². The molecule has 3 nitrogen and oxygen atoms in total. The smallest absolute Gasteiger partial charge is 0.111 e. The minimum atomic E-state index is 0.598. The fourth-order valence-electron chi connectivity index (χ4n) is 2.72. The topological polar surface area (TPSA) is 54.7 Å². The first kappa shape index (κ1) is 12.7. The normalized spacial score (nSPS) is 18.3. The SMILES string of the molecule is NCC1CCc2nc(Cc3ccccc3Cl)[nH]c2C1. The quantitative estimate of drug-likeness (QED) is 0.905. The number of nitrogens with one attached hydrogen (secondary N) is 1. The second-order valence-electron chi connectivity index (χ2n) is 5.22. The number of hydrogen-bond donors (Lipinski definition) is 2. The van der Waals surface area contributed by atoms with Crippen LogP contribution in [0, 0.1) is 5.92 Å². The molecule has 19 heavy (non-hydrogen) atoms. The molecule has 2 aromatic rings. The maximum absolute atomic E-state index is 6.19. The molecule has 1 unspecified atom stereocenters. The number of benzene rings is 1. The number of aromatic nitrogens is 2. The number of aromatic amines is 1. The third-order valence-electron chi connectivity index (χ3n) is 3.84. The third-order valence-corrected chi connectivity index (χ3v) is 4.21. The van der Waals surface area contributed by atoms with Crippen LogP contribution in [0.25, 0.3) is 0 Å². The Balaban J connectivity index is 1.80. The average Bonchev–Trinajstić information content (AvgIpc) is 2.82. The van der Waals surface area contributed by atoms with Gasteiger partial charge in [0, 0.05) is 17.1 Å². The predicted molar refractivity (Wildman–Crippen MR) is 77.4 cm³/mol. The van der Waals surface area contributed by atoms with E-state index in [-0.39, 0.29) is 0 Å². The standard InChI is InChI=1S/C15H18ClN3/c16-12-4-2-1-3-11(12)8-15-18-13-6-5-10(9-17)7-14(13)19-15/h1-4,10H,5-9,17H2,(H,18,19). The number of fused-ring (bicyclic) bond motifs is 1. The molecule has 3 rings (SSSR count). The van der Waals surface area contributed by atoms with Crippen molar-refractivity contribution in [2.75, 3.05) is 6.54 Å². The maximum atomic E-state index is 6.19. The van der Waals surface area contributed by atoms with Gasteiger partial charge in [-0.1, -0.05) is 29.8 Å². The van der Waals surface area contributed by atoms with Gasteiger partial charge in [0.1, 0.15) is 5.82 Å². The second kappa shape index (κ2) is 5.35. The first-order valence-corrected chi connectivity index (χ1v) is 7.14. The van der Waals surface area contributed by atoms with E-state index in [1.807, 2.05) is 24.3 Å². The van der Waals surface area contributed by atoms with Gasteiger partial charge in [-0.3, -0.25) is 0 Å². The van der Waals surface area contributed by atoms with Gasteiger partial charge in [0.2, 0.25) is 0 Å². The fraction of sp³-hybridized carbons (Fsp3) is 0.400. The lowest BCUT2D eigenvalue weighted by molar-refractivity contribution is 0.461. The first-order chi connectivity index (χ1) is 9.26. The summed E-state index contributed by atoms with van der Waals surface area (Å²) in [7, 11) is 0. The third kappa shape index (κ3) is 2.67. The first-order valence-electron chi connectivity index (χ1n) is 6.76. The van der Waals surface area contributed by atoms with E-state index in [4.69, 9.17) is 22.3 Å². The summed E-state index contributed by atoms with van der Waals surface area (Å²) in [6.07, 6.45) is 3.98. The number of imidazole rings is 1. The number of nitrogens with two attached hydrogens (primary N) is 1. The number of H-pyrrole nitrogens is 1. The predicted octanol–water partition coefficient (Wildman–Crippen LogP) is 2.72. The summed E-state index contributed by atoms with van der Waals surface area (Å²) in [5, 5.41) is 0.803. The highest BCUT2D eigenvalue weighted by Gasteiger charge is 2.21. The van der Waals surface area contributed by atoms with E-state index in [0.717, 1.165) is 48.6 Å². The molecule has 1 aromatic carbocycles. The zero-order valence-electron chi connectivity index (χ0n) is 10.8. The summed E-state index contributed by atoms with van der Waals surface area (Å²) in [6.45, 7) is 0.762. The Bertz CT molecular complexity index is 577. The van der Waals surface area contributed by atoms with Gasteiger partial charge in [0.15, 0.2) is 0 Å². The Labute approximate surface area is 118 Å². The Kier molecular flexibility index (Phi) is 3.58. The zero-order chi connectivity index (χ0) is 13.2. The summed E-state index contributed by atoms with van der Waals surface area (Å²) in [6, 6.07) is 7.93. The number of hydrogen-bond acceptors (Lipinski definition) is 2. The molecule has 0 fully saturated rings. The van der Waals surface area contributed by atoms with Crippen molar-refractivity contribution < 1.29 is 0 Å². The monoisotopic (exact) mass is 275 g/mol. The second-order valence-corrected chi connectivity index (χ2v) is 5.63. The van der Waals surface area contributed by atoms with Gasteiger partial charge in [0.05, 0.1) is 5.69 Å². The van der Waals surface area contributed by atoms with Gasteiger partial charge in [0.25, 0.3) is 0 Å². The van der Waals surface area contributed by atoms with Gasteiger partial charge < -0.3 is 10.7 Å². The van der Waals surface area contributed by atoms with Crippen molar-refractivity contribution in [1.29, 1.82) is 0 Å². The number of halogens is 1. The van der Waals surface area contributed by atoms with Crippen LogP contribution in [0.4, 0.5) is 0 Å². The molecule has 0 amide bonds. The summed E-state index contributed by atoms with van der Waals surface area (Å²) in [4.78, 5) is 8.15. The molecule has 1 heterocycles. The van der Waals surface area contributed by atoms with Crippen LogP contribution in [0.15, 0.2) is 24.3 Å². The van der Waals surface area contributed by atoms with Gasteiger partial charge in [-0.15, -0.1) is 0 Å². The van der Waals surface area contributed by atoms with E-state index in [0.29, 0.717) is 5.92 Å². The summed E-state index contributed by atoms with van der Waals surface area (Å²) in [5.74, 6) is 1.61. The van der Waals surface area contributed by atoms with E-state index in [9.17, 15) is 0 Å². The van der Waals surface area contributed by atoms with Crippen molar-refractivity contribution in [1.82, 2.24) is 9.97 Å². The Hall–Kier alpha value is -1.32. The molecule has 100 valence electrons. The van der Waals surface area contributed by atoms with Crippen LogP contribution in [0.2, 0.25) is 5.02 Å². The lowest BCUT2D eigenvalue weighted by Gasteiger charge is -2.18. The van der Waals surface area contributed by atoms with E-state index in [1.165, 1.54) is 11.4 Å². The van der Waals surface area contributed by atoms with Gasteiger partial charge in [-0.2, -0.15) is 0 Å². The Morgan fingerprint density at radius 2 is 2.21 bits per heavy atom. The van der Waals surface area contributed by atoms with Crippen LogP contribution >= 0.6 is 11.6 Å². The van der Waals surface area contributed by atoms with Gasteiger partial charge >= 0.3 is 0 Å². The molecule has 0 bridgehead atoms. The van der Waals surface area contributed by atoms with Crippen molar-refractivity contribution in [3.8, 4) is 0 Å². The average molecular weight is 276 g/mol. The number of aryl methyl sites for hydroxylation is 1. The highest BCUT2D eigenvalue weighted by Crippen LogP contribution is 2.25. The van der Waals surface area contributed by atoms with Crippen LogP contribution in [0.3, 0.4) is 0 Å². The van der Waals surface area contributed by atoms with Crippen LogP contribution in [-0.4, -0.2) is 16.5 Å². The molecular weight excluding hydrogens is 258 g/mol. The van der Waals surface area contributed by atoms with Crippen LogP contribution < -0.4 is 5.73 Å². The molecular formula is C15H18ClN3. The maximum Gasteiger partial charge on any atom is 0.111 e. The lowest BCUT2D eigenvalue weighted by atomic mass is 9.90. The molecule has 1 aliphatic rings. The number of nitrogens with zero attached hydrogens (tertiary/aromatic N) is 1. The minimum Gasteiger partial charge on any atom is -0.345 e. The van der Waals surface area contributed by atoms with Crippen LogP contribution in [-0.2, 0) is 19.3 Å². The fourth-order valence-corrected chi connectivity index (χ4v) is 2.92. The summed E-state index contributed by atoms with van der Waals surface area (Å²) in [5.41, 5.74) is 9.36. The highest BCUT2D eigenvalue weighted by molar-refractivity contribution is 6.31. The van der Waals surface area contributed by atoms with Crippen LogP contribution in [0.1, 0.15) is 29.2 Å². The van der Waals surface area contributed by atoms with E-state index < -0.39 is 0 Å². The summed E-state index contributed by atoms with van der Waals surface area (Å²) >= 11 is 6.19. The van der Waals surface area contributed by atoms with E-state index >= 15 is 0 Å². The minimum absolute atomic E-state index is 0.598. The molecule has 0 saturated carbocycles. The molecule has 0 saturated heterocycles. The molecule has 1 atom stereocenters. The molecule has 0 spiro atoms. The molecule has 4 heteroatoms.